The van der Waals surface area contributed by atoms with Gasteiger partial charge in [0.2, 0.25) is 0 Å². The average Bonchev–Trinajstić information content (AvgIpc) is 2.64. The smallest absolute Gasteiger partial charge is 0.566 e. The first-order valence-corrected chi connectivity index (χ1v) is 19.4. The van der Waals surface area contributed by atoms with Gasteiger partial charge in [-0.1, -0.05) is 0 Å². The van der Waals surface area contributed by atoms with Gasteiger partial charge in [0, 0.05) is 0 Å². The van der Waals surface area contributed by atoms with Gasteiger partial charge in [-0.05, 0) is 18.3 Å². The molecular weight excluding hydrogens is 823 g/mol. The zero-order valence-corrected chi connectivity index (χ0v) is 28.8. The minimum atomic E-state index is -4.11. The van der Waals surface area contributed by atoms with Gasteiger partial charge in [0.15, 0.2) is 0 Å². The van der Waals surface area contributed by atoms with Crippen molar-refractivity contribution >= 4 is 73.5 Å². The van der Waals surface area contributed by atoms with Crippen molar-refractivity contribution in [3.8, 4) is 0 Å². The van der Waals surface area contributed by atoms with Crippen LogP contribution in [0.1, 0.15) is 0 Å². The molecule has 0 fully saturated rings. The first-order valence-electron chi connectivity index (χ1n) is 8.56. The maximum Gasteiger partial charge on any atom is 4.00 e. The molecule has 0 aliphatic rings. The topological polar surface area (TPSA) is 415 Å². The monoisotopic (exact) mass is 842 g/mol. The summed E-state index contributed by atoms with van der Waals surface area (Å²) in [5.74, 6) is -2.85. The van der Waals surface area contributed by atoms with Crippen molar-refractivity contribution < 1.29 is 134 Å². The van der Waals surface area contributed by atoms with Crippen molar-refractivity contribution in [2.45, 2.75) is 0 Å². The quantitative estimate of drug-likeness (QED) is 0.0842. The first-order chi connectivity index (χ1) is 17.7. The van der Waals surface area contributed by atoms with Gasteiger partial charge in [-0.25, -0.2) is 0 Å². The van der Waals surface area contributed by atoms with Crippen LogP contribution >= 0.6 is 33.0 Å². The second-order valence-electron chi connectivity index (χ2n) is 5.37. The molecule has 240 valence electrons. The first kappa shape index (κ1) is 51.2. The summed E-state index contributed by atoms with van der Waals surface area (Å²) in [6.07, 6.45) is 0. The fraction of sp³-hybridized carbons (Fsp3) is 1.00. The largest absolute Gasteiger partial charge is 4.00 e. The van der Waals surface area contributed by atoms with E-state index in [9.17, 15) is 71.5 Å². The second kappa shape index (κ2) is 27.0. The molecule has 41 heavy (non-hydrogen) atoms. The Hall–Kier alpha value is 0.603. The van der Waals surface area contributed by atoms with Crippen molar-refractivity contribution in [2.75, 3.05) is 49.4 Å². The van der Waals surface area contributed by atoms with Gasteiger partial charge in [0.05, 0.1) is 0 Å². The molecule has 33 heteroatoms. The predicted molar refractivity (Wildman–Crippen MR) is 120 cm³/mol. The number of rotatable bonds is 16. The zero-order valence-electron chi connectivity index (χ0n) is 19.5. The maximum atomic E-state index is 9.89. The second-order valence-corrected chi connectivity index (χ2v) is 14.5. The number of hydrogen-bond acceptors (Lipinski definition) is 20. The molecule has 4 unspecified atom stereocenters. The van der Waals surface area contributed by atoms with Crippen LogP contribution in [0.2, 0.25) is 0 Å². The Kier molecular flexibility index (Phi) is 33.7. The SMILES string of the molecule is O=[P+]([O-])OCCS(=O)(=O)O.O=[P+]([O-])OCCS(=O)(=O)O.O=[P+]([O-])OCCS(=O)(=O)O.O=[P+]([O-])OCCS(=O)(=O)O.[Zr+4]. The van der Waals surface area contributed by atoms with Crippen molar-refractivity contribution in [2.24, 2.45) is 0 Å². The summed E-state index contributed by atoms with van der Waals surface area (Å²) >= 11 is 0. The van der Waals surface area contributed by atoms with E-state index >= 15 is 0 Å². The molecule has 0 aromatic rings. The summed E-state index contributed by atoms with van der Waals surface area (Å²) in [5, 5.41) is 0. The van der Waals surface area contributed by atoms with E-state index in [1.165, 1.54) is 0 Å². The third-order valence-electron chi connectivity index (χ3n) is 2.15. The van der Waals surface area contributed by atoms with Crippen LogP contribution in [0.3, 0.4) is 0 Å². The van der Waals surface area contributed by atoms with Gasteiger partial charge in [-0.15, -0.1) is 18.1 Å². The average molecular weight is 844 g/mol. The van der Waals surface area contributed by atoms with Gasteiger partial charge < -0.3 is 19.6 Å². The minimum Gasteiger partial charge on any atom is -0.566 e. The molecule has 4 N–H and O–H groups in total. The Bertz CT molecular complexity index is 1020. The Morgan fingerprint density at radius 2 is 0.537 bits per heavy atom. The summed E-state index contributed by atoms with van der Waals surface area (Å²) in [5.41, 5.74) is 0. The number of hydrogen-bond donors (Lipinski definition) is 4. The van der Waals surface area contributed by atoms with Crippen LogP contribution in [-0.4, -0.2) is 101 Å². The Morgan fingerprint density at radius 3 is 0.610 bits per heavy atom. The Morgan fingerprint density at radius 1 is 0.415 bits per heavy atom. The third-order valence-corrected chi connectivity index (χ3v) is 6.46. The molecule has 0 saturated carbocycles. The van der Waals surface area contributed by atoms with Crippen molar-refractivity contribution in [1.29, 1.82) is 0 Å². The molecular formula is C8H20O24P4S4Zr+4. The molecule has 24 nitrogen and oxygen atoms in total. The fourth-order valence-electron chi connectivity index (χ4n) is 0.868. The normalized spacial score (nSPS) is 12.9. The van der Waals surface area contributed by atoms with E-state index in [1.807, 2.05) is 0 Å². The van der Waals surface area contributed by atoms with Gasteiger partial charge in [0.25, 0.3) is 40.5 Å². The summed E-state index contributed by atoms with van der Waals surface area (Å²) in [7, 11) is -28.6. The molecule has 0 rings (SSSR count). The van der Waals surface area contributed by atoms with Gasteiger partial charge in [0.1, 0.15) is 49.4 Å². The molecule has 4 atom stereocenters. The van der Waals surface area contributed by atoms with Crippen LogP contribution in [0, 0.1) is 0 Å². The molecule has 0 aromatic heterocycles. The van der Waals surface area contributed by atoms with Crippen LogP contribution in [0.15, 0.2) is 0 Å². The van der Waals surface area contributed by atoms with E-state index in [-0.39, 0.29) is 26.2 Å². The van der Waals surface area contributed by atoms with Crippen LogP contribution in [0.4, 0.5) is 0 Å². The summed E-state index contributed by atoms with van der Waals surface area (Å²) in [6.45, 7) is -2.18. The van der Waals surface area contributed by atoms with E-state index < -0.39 is 123 Å². The molecule has 0 amide bonds. The summed E-state index contributed by atoms with van der Waals surface area (Å²) in [6, 6.07) is 0. The van der Waals surface area contributed by atoms with Crippen LogP contribution in [0.25, 0.3) is 0 Å². The molecule has 0 spiro atoms. The molecule has 0 saturated heterocycles. The Balaban J connectivity index is -0.000000139. The third kappa shape index (κ3) is 74.0. The molecule has 0 bridgehead atoms. The molecule has 0 heterocycles. The van der Waals surface area contributed by atoms with E-state index in [1.54, 1.807) is 0 Å². The van der Waals surface area contributed by atoms with E-state index in [4.69, 9.17) is 18.2 Å². The van der Waals surface area contributed by atoms with E-state index in [0.29, 0.717) is 0 Å². The predicted octanol–water partition coefficient (Wildman–Crippen LogP) is -4.37. The van der Waals surface area contributed by atoms with Crippen LogP contribution in [0.5, 0.6) is 0 Å². The minimum absolute atomic E-state index is 0. The fourth-order valence-corrected chi connectivity index (χ4v) is 3.50. The molecule has 0 radical (unpaired) electrons. The van der Waals surface area contributed by atoms with Crippen LogP contribution < -0.4 is 19.6 Å². The molecule has 0 aromatic carbocycles. The molecule has 0 aliphatic heterocycles. The zero-order chi connectivity index (χ0) is 32.8. The van der Waals surface area contributed by atoms with Crippen molar-refractivity contribution in [3.05, 3.63) is 0 Å². The Labute approximate surface area is 255 Å². The van der Waals surface area contributed by atoms with E-state index in [2.05, 4.69) is 18.1 Å². The summed E-state index contributed by atoms with van der Waals surface area (Å²) in [4.78, 5) is 38.5. The van der Waals surface area contributed by atoms with Gasteiger partial charge in [-0.3, -0.25) is 18.2 Å². The standard InChI is InChI=1S/4C2H5O6PS.Zr/c4*3-9(4)8-1-2-10(5,6)7;/h4*1-2H2,(H,5,6,7);/q;;;;+4. The van der Waals surface area contributed by atoms with Gasteiger partial charge in [-0.2, -0.15) is 33.7 Å². The maximum absolute atomic E-state index is 9.89. The van der Waals surface area contributed by atoms with Crippen molar-refractivity contribution in [3.63, 3.8) is 0 Å². The molecule has 0 aliphatic carbocycles. The van der Waals surface area contributed by atoms with E-state index in [0.717, 1.165) is 0 Å². The summed E-state index contributed by atoms with van der Waals surface area (Å²) < 4.78 is 165. The van der Waals surface area contributed by atoms with Crippen LogP contribution in [-0.2, 0) is 103 Å². The van der Waals surface area contributed by atoms with Gasteiger partial charge >= 0.3 is 59.2 Å². The van der Waals surface area contributed by atoms with Crippen molar-refractivity contribution in [1.82, 2.24) is 0 Å².